The smallest absolute Gasteiger partial charge is 0.475 e. The van der Waals surface area contributed by atoms with Gasteiger partial charge in [0.15, 0.2) is 12.2 Å². The number of nitrogens with one attached hydrogen (secondary N) is 1. The molecule has 1 fully saturated rings. The fourth-order valence-electron chi connectivity index (χ4n) is 2.67. The van der Waals surface area contributed by atoms with Crippen LogP contribution >= 0.6 is 35.1 Å². The van der Waals surface area contributed by atoms with Gasteiger partial charge in [-0.25, -0.2) is 9.59 Å². The minimum absolute atomic E-state index is 0.231. The van der Waals surface area contributed by atoms with Crippen LogP contribution in [0.1, 0.15) is 15.9 Å². The predicted octanol–water partition coefficient (Wildman–Crippen LogP) is 3.05. The van der Waals surface area contributed by atoms with Crippen LogP contribution < -0.4 is 11.1 Å². The van der Waals surface area contributed by atoms with E-state index in [9.17, 15) is 27.6 Å². The molecule has 0 aliphatic carbocycles. The Morgan fingerprint density at radius 1 is 1.08 bits per heavy atom. The SMILES string of the molecule is NC(CO)C(=O)OCN1C(=O)N(Cc2ccc(Cl)cc2)SC1NC(=O)c1ccc(Cl)cc1.O=C(O)C(F)(F)F. The molecule has 1 aliphatic heterocycles. The van der Waals surface area contributed by atoms with E-state index in [4.69, 9.17) is 48.7 Å². The van der Waals surface area contributed by atoms with Crippen LogP contribution in [0.5, 0.6) is 0 Å². The zero-order chi connectivity index (χ0) is 29.3. The van der Waals surface area contributed by atoms with E-state index in [-0.39, 0.29) is 6.54 Å². The molecule has 0 bridgehead atoms. The van der Waals surface area contributed by atoms with Crippen molar-refractivity contribution in [3.63, 3.8) is 0 Å². The summed E-state index contributed by atoms with van der Waals surface area (Å²) >= 11 is 12.8. The number of nitrogens with zero attached hydrogens (tertiary/aromatic N) is 2. The van der Waals surface area contributed by atoms with E-state index in [1.54, 1.807) is 48.5 Å². The number of aliphatic hydroxyl groups excluding tert-OH is 1. The van der Waals surface area contributed by atoms with Crippen molar-refractivity contribution in [1.82, 2.24) is 14.5 Å². The quantitative estimate of drug-likeness (QED) is 0.259. The molecule has 39 heavy (non-hydrogen) atoms. The second kappa shape index (κ2) is 14.2. The molecule has 17 heteroatoms. The molecular weight excluding hydrogens is 592 g/mol. The lowest BCUT2D eigenvalue weighted by Gasteiger charge is -2.22. The number of alkyl halides is 3. The van der Waals surface area contributed by atoms with Gasteiger partial charge in [-0.05, 0) is 42.0 Å². The Morgan fingerprint density at radius 3 is 2.08 bits per heavy atom. The van der Waals surface area contributed by atoms with Crippen LogP contribution in [-0.2, 0) is 20.9 Å². The number of aliphatic carboxylic acids is 1. The number of urea groups is 1. The Morgan fingerprint density at radius 2 is 1.59 bits per heavy atom. The van der Waals surface area contributed by atoms with E-state index >= 15 is 0 Å². The molecule has 1 aliphatic rings. The largest absolute Gasteiger partial charge is 0.490 e. The average molecular weight is 613 g/mol. The Kier molecular flexibility index (Phi) is 11.7. The molecule has 11 nitrogen and oxygen atoms in total. The molecule has 0 spiro atoms. The number of hydrogen-bond acceptors (Lipinski definition) is 8. The molecule has 3 amide bonds. The third-order valence-electron chi connectivity index (χ3n) is 4.66. The van der Waals surface area contributed by atoms with Gasteiger partial charge in [0, 0.05) is 27.6 Å². The van der Waals surface area contributed by atoms with E-state index in [1.165, 1.54) is 9.21 Å². The van der Waals surface area contributed by atoms with E-state index in [2.05, 4.69) is 5.32 Å². The molecule has 0 aromatic heterocycles. The summed E-state index contributed by atoms with van der Waals surface area (Å²) in [5.41, 5.74) is 5.76. The molecule has 212 valence electrons. The van der Waals surface area contributed by atoms with E-state index in [1.807, 2.05) is 0 Å². The van der Waals surface area contributed by atoms with Crippen molar-refractivity contribution in [2.24, 2.45) is 5.73 Å². The maximum atomic E-state index is 13.0. The number of amides is 3. The summed E-state index contributed by atoms with van der Waals surface area (Å²) < 4.78 is 38.2. The molecule has 3 rings (SSSR count). The Bertz CT molecular complexity index is 1170. The lowest BCUT2D eigenvalue weighted by molar-refractivity contribution is -0.192. The number of aliphatic hydroxyl groups is 1. The highest BCUT2D eigenvalue weighted by Gasteiger charge is 2.40. The number of carbonyl (C=O) groups excluding carboxylic acids is 3. The maximum Gasteiger partial charge on any atom is 0.490 e. The highest BCUT2D eigenvalue weighted by molar-refractivity contribution is 7.98. The molecule has 1 saturated heterocycles. The monoisotopic (exact) mass is 612 g/mol. The number of carboxylic acids is 1. The van der Waals surface area contributed by atoms with Gasteiger partial charge in [-0.1, -0.05) is 35.3 Å². The molecule has 2 atom stereocenters. The highest BCUT2D eigenvalue weighted by Crippen LogP contribution is 2.31. The molecular formula is C22H21Cl2F3N4O7S. The molecule has 0 saturated carbocycles. The summed E-state index contributed by atoms with van der Waals surface area (Å²) in [5.74, 6) is -4.07. The number of nitrogens with two attached hydrogens (primary N) is 1. The highest BCUT2D eigenvalue weighted by atomic mass is 35.5. The van der Waals surface area contributed by atoms with Crippen molar-refractivity contribution in [3.05, 3.63) is 69.7 Å². The van der Waals surface area contributed by atoms with Crippen molar-refractivity contribution in [3.8, 4) is 0 Å². The number of esters is 1. The molecule has 2 unspecified atom stereocenters. The summed E-state index contributed by atoms with van der Waals surface area (Å²) in [4.78, 5) is 47.5. The van der Waals surface area contributed by atoms with E-state index < -0.39 is 54.9 Å². The van der Waals surface area contributed by atoms with Crippen LogP contribution in [0.4, 0.5) is 18.0 Å². The van der Waals surface area contributed by atoms with E-state index in [0.717, 1.165) is 17.5 Å². The molecule has 2 aromatic rings. The second-order valence-electron chi connectivity index (χ2n) is 7.54. The third-order valence-corrected chi connectivity index (χ3v) is 6.27. The van der Waals surface area contributed by atoms with Crippen molar-refractivity contribution in [1.29, 1.82) is 0 Å². The van der Waals surface area contributed by atoms with Crippen molar-refractivity contribution in [2.75, 3.05) is 13.3 Å². The number of carbonyl (C=O) groups is 4. The lowest BCUT2D eigenvalue weighted by Crippen LogP contribution is -2.47. The zero-order valence-corrected chi connectivity index (χ0v) is 21.9. The van der Waals surface area contributed by atoms with Crippen LogP contribution in [0.3, 0.4) is 0 Å². The van der Waals surface area contributed by atoms with Gasteiger partial charge in [-0.15, -0.1) is 0 Å². The maximum absolute atomic E-state index is 13.0. The number of carboxylic acid groups (broad SMARTS) is 1. The Balaban J connectivity index is 0.000000673. The molecule has 1 heterocycles. The van der Waals surface area contributed by atoms with Gasteiger partial charge in [0.2, 0.25) is 0 Å². The normalized spacial score (nSPS) is 15.8. The number of benzene rings is 2. The lowest BCUT2D eigenvalue weighted by atomic mass is 10.2. The zero-order valence-electron chi connectivity index (χ0n) is 19.6. The van der Waals surface area contributed by atoms with Crippen LogP contribution in [0.15, 0.2) is 48.5 Å². The van der Waals surface area contributed by atoms with Gasteiger partial charge in [-0.3, -0.25) is 18.8 Å². The Hall–Kier alpha value is -3.24. The first-order valence-corrected chi connectivity index (χ1v) is 12.2. The van der Waals surface area contributed by atoms with Crippen molar-refractivity contribution < 1.29 is 47.3 Å². The number of rotatable bonds is 8. The summed E-state index contributed by atoms with van der Waals surface area (Å²) in [6, 6.07) is 11.5. The fourth-order valence-corrected chi connectivity index (χ4v) is 4.00. The van der Waals surface area contributed by atoms with Crippen LogP contribution in [0, 0.1) is 0 Å². The number of hydrogen-bond donors (Lipinski definition) is 4. The summed E-state index contributed by atoms with van der Waals surface area (Å²) in [6.07, 6.45) is -5.08. The Labute approximate surface area is 233 Å². The topological polar surface area (TPSA) is 162 Å². The van der Waals surface area contributed by atoms with Gasteiger partial charge in [0.25, 0.3) is 5.91 Å². The number of ether oxygens (including phenoxy) is 1. The third kappa shape index (κ3) is 9.78. The minimum atomic E-state index is -5.08. The predicted molar refractivity (Wildman–Crippen MR) is 134 cm³/mol. The van der Waals surface area contributed by atoms with Crippen molar-refractivity contribution in [2.45, 2.75) is 24.3 Å². The van der Waals surface area contributed by atoms with Gasteiger partial charge < -0.3 is 26.0 Å². The van der Waals surface area contributed by atoms with Gasteiger partial charge in [0.1, 0.15) is 6.04 Å². The van der Waals surface area contributed by atoms with Crippen molar-refractivity contribution >= 4 is 59.0 Å². The number of halogens is 5. The molecule has 5 N–H and O–H groups in total. The minimum Gasteiger partial charge on any atom is -0.475 e. The summed E-state index contributed by atoms with van der Waals surface area (Å²) in [7, 11) is 0. The van der Waals surface area contributed by atoms with Gasteiger partial charge in [0.05, 0.1) is 13.2 Å². The van der Waals surface area contributed by atoms with Gasteiger partial charge in [-0.2, -0.15) is 13.2 Å². The molecule has 2 aromatic carbocycles. The summed E-state index contributed by atoms with van der Waals surface area (Å²) in [5, 5.41) is 19.9. The standard InChI is InChI=1S/C20H20Cl2N4O5S.C2HF3O2/c21-14-5-1-12(2-6-14)9-26-20(30)25(11-31-18(29)16(23)10-27)19(32-26)24-17(28)13-3-7-15(22)8-4-13;3-2(4,5)1(6)7/h1-8,16,19,27H,9-11,23H2,(H,24,28);(H,6,7). The van der Waals surface area contributed by atoms with Gasteiger partial charge >= 0.3 is 24.1 Å². The van der Waals surface area contributed by atoms with E-state index in [0.29, 0.717) is 15.6 Å². The average Bonchev–Trinajstić information content (AvgIpc) is 3.16. The van der Waals surface area contributed by atoms with Crippen LogP contribution in [0.25, 0.3) is 0 Å². The first-order chi connectivity index (χ1) is 18.2. The fraction of sp³-hybridized carbons (Fsp3) is 0.273. The first kappa shape index (κ1) is 32.0. The van der Waals surface area contributed by atoms with Crippen LogP contribution in [-0.4, -0.2) is 74.3 Å². The molecule has 0 radical (unpaired) electrons. The first-order valence-electron chi connectivity index (χ1n) is 10.6. The second-order valence-corrected chi connectivity index (χ2v) is 9.51. The van der Waals surface area contributed by atoms with Crippen LogP contribution in [0.2, 0.25) is 10.0 Å². The summed E-state index contributed by atoms with van der Waals surface area (Å²) in [6.45, 7) is -0.823.